The molecule has 3 atom stereocenters. The van der Waals surface area contributed by atoms with Gasteiger partial charge in [-0.1, -0.05) is 59.6 Å². The minimum atomic E-state index is -0.455. The van der Waals surface area contributed by atoms with Crippen molar-refractivity contribution in [1.82, 2.24) is 5.32 Å². The lowest BCUT2D eigenvalue weighted by molar-refractivity contribution is -0.118. The summed E-state index contributed by atoms with van der Waals surface area (Å²) >= 11 is 0. The summed E-state index contributed by atoms with van der Waals surface area (Å²) in [7, 11) is 0. The number of carbonyl (C=O) groups is 2. The van der Waals surface area contributed by atoms with Crippen molar-refractivity contribution < 1.29 is 14.7 Å². The van der Waals surface area contributed by atoms with Crippen molar-refractivity contribution in [3.05, 3.63) is 34.8 Å². The van der Waals surface area contributed by atoms with Gasteiger partial charge in [-0.05, 0) is 60.7 Å². The highest BCUT2D eigenvalue weighted by molar-refractivity contribution is 6.21. The van der Waals surface area contributed by atoms with Gasteiger partial charge in [-0.15, -0.1) is 0 Å². The summed E-state index contributed by atoms with van der Waals surface area (Å²) in [6, 6.07) is 0. The van der Waals surface area contributed by atoms with E-state index >= 15 is 0 Å². The van der Waals surface area contributed by atoms with Gasteiger partial charge < -0.3 is 10.4 Å². The number of hydrogen-bond donors (Lipinski definition) is 2. The third kappa shape index (κ3) is 4.15. The topological polar surface area (TPSA) is 66.4 Å². The van der Waals surface area contributed by atoms with Crippen molar-refractivity contribution in [3.63, 3.8) is 0 Å². The molecule has 0 radical (unpaired) electrons. The number of aliphatic hydroxyl groups is 1. The number of rotatable bonds is 6. The molecule has 4 nitrogen and oxygen atoms in total. The maximum absolute atomic E-state index is 13.3. The molecule has 3 rings (SSSR count). The Bertz CT molecular complexity index is 814. The second kappa shape index (κ2) is 8.36. The van der Waals surface area contributed by atoms with E-state index in [1.54, 1.807) is 0 Å². The van der Waals surface area contributed by atoms with Crippen LogP contribution in [0.2, 0.25) is 0 Å². The van der Waals surface area contributed by atoms with E-state index in [1.807, 2.05) is 0 Å². The summed E-state index contributed by atoms with van der Waals surface area (Å²) in [5.41, 5.74) is 2.17. The van der Waals surface area contributed by atoms with Crippen LogP contribution >= 0.6 is 0 Å². The predicted molar refractivity (Wildman–Crippen MR) is 121 cm³/mol. The standard InChI is InChI=1S/C26H39NO3/c1-16(2)11-13-27-21-14-22(28)24(30)18(23(21)29)15-26(6)17(3)9-10-19-20(26)8-7-12-25(19,4)5/h10,14,16-17,20,27,30H,7-9,11-13,15H2,1-6H3. The van der Waals surface area contributed by atoms with Crippen molar-refractivity contribution in [1.29, 1.82) is 0 Å². The molecule has 0 aromatic heterocycles. The Morgan fingerprint density at radius 3 is 2.60 bits per heavy atom. The van der Waals surface area contributed by atoms with Crippen LogP contribution in [-0.2, 0) is 9.59 Å². The van der Waals surface area contributed by atoms with Gasteiger partial charge in [0.15, 0.2) is 5.76 Å². The molecule has 3 aliphatic carbocycles. The van der Waals surface area contributed by atoms with Crippen LogP contribution in [0.25, 0.3) is 0 Å². The van der Waals surface area contributed by atoms with Crippen LogP contribution in [-0.4, -0.2) is 23.2 Å². The molecule has 0 saturated heterocycles. The van der Waals surface area contributed by atoms with Gasteiger partial charge in [0, 0.05) is 18.2 Å². The lowest BCUT2D eigenvalue weighted by Gasteiger charge is -2.53. The molecule has 1 fully saturated rings. The van der Waals surface area contributed by atoms with Crippen molar-refractivity contribution in [2.45, 2.75) is 80.1 Å². The minimum Gasteiger partial charge on any atom is -0.504 e. The van der Waals surface area contributed by atoms with Gasteiger partial charge in [-0.3, -0.25) is 9.59 Å². The van der Waals surface area contributed by atoms with E-state index in [2.05, 4.69) is 52.9 Å². The summed E-state index contributed by atoms with van der Waals surface area (Å²) in [6.45, 7) is 14.1. The lowest BCUT2D eigenvalue weighted by Crippen LogP contribution is -2.45. The van der Waals surface area contributed by atoms with Crippen LogP contribution < -0.4 is 5.32 Å². The molecule has 166 valence electrons. The van der Waals surface area contributed by atoms with E-state index in [-0.39, 0.29) is 22.4 Å². The van der Waals surface area contributed by atoms with E-state index in [1.165, 1.54) is 24.5 Å². The van der Waals surface area contributed by atoms with Crippen LogP contribution in [0.3, 0.4) is 0 Å². The molecule has 3 unspecified atom stereocenters. The number of carbonyl (C=O) groups excluding carboxylic acids is 2. The summed E-state index contributed by atoms with van der Waals surface area (Å²) in [4.78, 5) is 25.7. The van der Waals surface area contributed by atoms with Gasteiger partial charge in [0.05, 0.1) is 5.70 Å². The molecule has 0 aliphatic heterocycles. The van der Waals surface area contributed by atoms with E-state index in [0.717, 1.165) is 19.3 Å². The molecule has 0 amide bonds. The maximum atomic E-state index is 13.3. The number of Topliss-reactive ketones (excluding diaryl/α,β-unsaturated/α-hetero) is 1. The van der Waals surface area contributed by atoms with E-state index in [4.69, 9.17) is 0 Å². The lowest BCUT2D eigenvalue weighted by atomic mass is 9.51. The third-order valence-corrected chi connectivity index (χ3v) is 7.97. The Kier molecular flexibility index (Phi) is 6.36. The van der Waals surface area contributed by atoms with E-state index in [0.29, 0.717) is 42.0 Å². The fraction of sp³-hybridized carbons (Fsp3) is 0.692. The second-order valence-electron chi connectivity index (χ2n) is 11.0. The molecule has 0 aromatic carbocycles. The monoisotopic (exact) mass is 413 g/mol. The van der Waals surface area contributed by atoms with Crippen LogP contribution in [0.1, 0.15) is 80.1 Å². The third-order valence-electron chi connectivity index (χ3n) is 7.97. The molecule has 0 heterocycles. The molecule has 0 bridgehead atoms. The first-order chi connectivity index (χ1) is 14.0. The number of aliphatic hydroxyl groups excluding tert-OH is 1. The highest BCUT2D eigenvalue weighted by Gasteiger charge is 2.49. The van der Waals surface area contributed by atoms with Crippen LogP contribution in [0.4, 0.5) is 0 Å². The van der Waals surface area contributed by atoms with E-state index < -0.39 is 5.78 Å². The second-order valence-corrected chi connectivity index (χ2v) is 11.0. The normalized spacial score (nSPS) is 31.4. The molecule has 1 saturated carbocycles. The average molecular weight is 414 g/mol. The predicted octanol–water partition coefficient (Wildman–Crippen LogP) is 5.66. The Labute approximate surface area is 181 Å². The largest absolute Gasteiger partial charge is 0.504 e. The fourth-order valence-electron chi connectivity index (χ4n) is 5.69. The quantitative estimate of drug-likeness (QED) is 0.436. The first kappa shape index (κ1) is 22.8. The maximum Gasteiger partial charge on any atom is 0.222 e. The van der Waals surface area contributed by atoms with Crippen molar-refractivity contribution >= 4 is 11.6 Å². The minimum absolute atomic E-state index is 0.151. The summed E-state index contributed by atoms with van der Waals surface area (Å²) in [6.07, 6.45) is 9.53. The molecular formula is C26H39NO3. The number of nitrogens with one attached hydrogen (secondary N) is 1. The molecule has 0 spiro atoms. The van der Waals surface area contributed by atoms with Crippen LogP contribution in [0, 0.1) is 28.6 Å². The van der Waals surface area contributed by atoms with Gasteiger partial charge in [0.2, 0.25) is 11.6 Å². The zero-order valence-electron chi connectivity index (χ0n) is 19.6. The first-order valence-corrected chi connectivity index (χ1v) is 11.6. The first-order valence-electron chi connectivity index (χ1n) is 11.6. The Hall–Kier alpha value is -1.84. The van der Waals surface area contributed by atoms with E-state index in [9.17, 15) is 14.7 Å². The fourth-order valence-corrected chi connectivity index (χ4v) is 5.69. The number of fused-ring (bicyclic) bond motifs is 1. The van der Waals surface area contributed by atoms with Gasteiger partial charge in [0.1, 0.15) is 0 Å². The van der Waals surface area contributed by atoms with Crippen LogP contribution in [0.15, 0.2) is 34.8 Å². The highest BCUT2D eigenvalue weighted by Crippen LogP contribution is 2.58. The summed E-state index contributed by atoms with van der Waals surface area (Å²) in [5.74, 6) is 0.258. The average Bonchev–Trinajstić information content (AvgIpc) is 2.66. The van der Waals surface area contributed by atoms with Crippen LogP contribution in [0.5, 0.6) is 0 Å². The highest BCUT2D eigenvalue weighted by atomic mass is 16.3. The molecule has 3 aliphatic rings. The SMILES string of the molecule is CC(C)CCNC1=CC(=O)C(O)=C(CC2(C)C(C)CC=C3C2CCCC3(C)C)C1=O. The van der Waals surface area contributed by atoms with Crippen molar-refractivity contribution in [3.8, 4) is 0 Å². The molecular weight excluding hydrogens is 374 g/mol. The summed E-state index contributed by atoms with van der Waals surface area (Å²) in [5, 5.41) is 13.7. The Morgan fingerprint density at radius 2 is 1.93 bits per heavy atom. The Balaban J connectivity index is 1.88. The summed E-state index contributed by atoms with van der Waals surface area (Å²) < 4.78 is 0. The van der Waals surface area contributed by atoms with Crippen molar-refractivity contribution in [2.75, 3.05) is 6.54 Å². The molecule has 0 aromatic rings. The zero-order chi connectivity index (χ0) is 22.3. The number of hydrogen-bond acceptors (Lipinski definition) is 4. The molecule has 30 heavy (non-hydrogen) atoms. The van der Waals surface area contributed by atoms with Crippen molar-refractivity contribution in [2.24, 2.45) is 28.6 Å². The molecule has 4 heteroatoms. The Morgan fingerprint density at radius 1 is 1.23 bits per heavy atom. The van der Waals surface area contributed by atoms with Gasteiger partial charge in [-0.2, -0.15) is 0 Å². The number of ketones is 2. The van der Waals surface area contributed by atoms with Gasteiger partial charge in [0.25, 0.3) is 0 Å². The number of allylic oxidation sites excluding steroid dienone is 4. The smallest absolute Gasteiger partial charge is 0.222 e. The molecule has 2 N–H and O–H groups in total. The van der Waals surface area contributed by atoms with Gasteiger partial charge in [-0.25, -0.2) is 0 Å². The van der Waals surface area contributed by atoms with Gasteiger partial charge >= 0.3 is 0 Å². The zero-order valence-corrected chi connectivity index (χ0v) is 19.6.